The lowest BCUT2D eigenvalue weighted by atomic mass is 9.82. The summed E-state index contributed by atoms with van der Waals surface area (Å²) >= 11 is 3.52. The molecule has 0 aromatic carbocycles. The van der Waals surface area contributed by atoms with Gasteiger partial charge in [0, 0.05) is 24.7 Å². The number of ketones is 1. The van der Waals surface area contributed by atoms with Crippen LogP contribution in [0.1, 0.15) is 137 Å². The summed E-state index contributed by atoms with van der Waals surface area (Å²) in [5.41, 5.74) is -0.0891. The number of amides is 5. The molecule has 6 N–H and O–H groups in total. The van der Waals surface area contributed by atoms with Gasteiger partial charge in [0.1, 0.15) is 23.8 Å². The fraction of sp³-hybridized carbons (Fsp3) is 0.756. The molecular formula is C41H62N6O7S2. The highest BCUT2D eigenvalue weighted by atomic mass is 32.2. The van der Waals surface area contributed by atoms with Crippen molar-refractivity contribution in [3.05, 3.63) is 22.5 Å². The van der Waals surface area contributed by atoms with E-state index in [1.165, 1.54) is 6.92 Å². The van der Waals surface area contributed by atoms with Gasteiger partial charge in [0.15, 0.2) is 11.9 Å². The van der Waals surface area contributed by atoms with Crippen LogP contribution in [0.25, 0.3) is 0 Å². The summed E-state index contributed by atoms with van der Waals surface area (Å²) in [6, 6.07) is -2.82. The molecule has 5 fully saturated rings. The third-order valence-corrected chi connectivity index (χ3v) is 16.1. The molecule has 6 atom stereocenters. The Bertz CT molecular complexity index is 1710. The van der Waals surface area contributed by atoms with E-state index >= 15 is 4.79 Å². The van der Waals surface area contributed by atoms with Crippen molar-refractivity contribution >= 4 is 58.8 Å². The third-order valence-electron chi connectivity index (χ3n) is 12.7. The lowest BCUT2D eigenvalue weighted by Gasteiger charge is -2.38. The van der Waals surface area contributed by atoms with E-state index in [0.717, 1.165) is 62.9 Å². The first-order valence-electron chi connectivity index (χ1n) is 20.6. The smallest absolute Gasteiger partial charge is 0.269 e. The summed E-state index contributed by atoms with van der Waals surface area (Å²) in [6.07, 6.45) is 7.20. The molecule has 1 spiro atoms. The summed E-state index contributed by atoms with van der Waals surface area (Å²) in [4.78, 5) is 88.3. The van der Waals surface area contributed by atoms with E-state index in [1.54, 1.807) is 42.3 Å². The molecule has 3 aliphatic carbocycles. The number of carbonyl (C=O) groups is 6. The first-order chi connectivity index (χ1) is 26.4. The van der Waals surface area contributed by atoms with Gasteiger partial charge in [-0.3, -0.25) is 28.8 Å². The second kappa shape index (κ2) is 16.7. The van der Waals surface area contributed by atoms with Crippen LogP contribution >= 0.6 is 23.5 Å². The number of likely N-dealkylation sites (tertiary alicyclic amines) is 1. The summed E-state index contributed by atoms with van der Waals surface area (Å²) < 4.78 is -0.412. The van der Waals surface area contributed by atoms with Crippen LogP contribution in [-0.2, 0) is 19.2 Å². The number of aromatic nitrogens is 1. The van der Waals surface area contributed by atoms with Crippen LogP contribution < -0.4 is 21.3 Å². The van der Waals surface area contributed by atoms with Crippen molar-refractivity contribution in [3.8, 4) is 0 Å². The molecule has 5 aliphatic rings. The van der Waals surface area contributed by atoms with Gasteiger partial charge in [-0.2, -0.15) is 0 Å². The van der Waals surface area contributed by atoms with Crippen molar-refractivity contribution in [2.45, 2.75) is 159 Å². The number of hydrogen-bond acceptors (Lipinski definition) is 9. The first-order valence-corrected chi connectivity index (χ1v) is 22.6. The molecule has 13 nitrogen and oxygen atoms in total. The van der Waals surface area contributed by atoms with Crippen LogP contribution in [0.5, 0.6) is 0 Å². The SMILES string of the molecule is CC[C@@H]1CC1(NC(=O)[C@@H]1CC2(CN1C(=O)[C@@H](NC(=O)[C@@H](NC(=O)c1[nH]c(C)c(C)c1C(C)=O)C1CCCCC1)C(C)(C)C)SCCCS2)C(O)C(=O)NC1CC1. The fourth-order valence-electron chi connectivity index (χ4n) is 9.05. The van der Waals surface area contributed by atoms with Crippen molar-refractivity contribution < 1.29 is 33.9 Å². The van der Waals surface area contributed by atoms with Crippen LogP contribution in [0, 0.1) is 31.1 Å². The van der Waals surface area contributed by atoms with Gasteiger partial charge in [-0.25, -0.2) is 0 Å². The maximum Gasteiger partial charge on any atom is 0.269 e. The Labute approximate surface area is 339 Å². The minimum atomic E-state index is -1.41. The standard InChI is InChI=1S/C41H62N6O7S2/c1-8-26-19-41(26,33(49)37(53)43-27-15-16-27)46-34(50)28-20-40(55-17-12-18-56-40)21-47(28)38(54)32(39(5,6)7)45-35(51)30(25-13-10-9-11-14-25)44-36(52)31-29(24(4)48)22(2)23(3)42-31/h25-28,30,32-33,42,49H,8-21H2,1-7H3,(H,43,53)(H,44,52)(H,45,51)(H,46,50)/t26-,28+,30+,32-,33?,41?/m1/s1. The molecule has 5 amide bonds. The number of aromatic amines is 1. The number of aliphatic hydroxyl groups excluding tert-OH is 1. The number of hydrogen-bond donors (Lipinski definition) is 6. The number of carbonyl (C=O) groups excluding carboxylic acids is 6. The molecule has 0 radical (unpaired) electrons. The van der Waals surface area contributed by atoms with Crippen molar-refractivity contribution in [1.82, 2.24) is 31.2 Å². The zero-order valence-electron chi connectivity index (χ0n) is 34.1. The van der Waals surface area contributed by atoms with Crippen LogP contribution in [0.15, 0.2) is 0 Å². The largest absolute Gasteiger partial charge is 0.381 e. The monoisotopic (exact) mass is 814 g/mol. The Hall–Kier alpha value is -3.04. The van der Waals surface area contributed by atoms with Crippen LogP contribution in [0.4, 0.5) is 0 Å². The number of nitrogens with one attached hydrogen (secondary N) is 5. The van der Waals surface area contributed by atoms with Gasteiger partial charge >= 0.3 is 0 Å². The second-order valence-corrected chi connectivity index (χ2v) is 21.2. The average molecular weight is 815 g/mol. The van der Waals surface area contributed by atoms with E-state index in [1.807, 2.05) is 27.7 Å². The third kappa shape index (κ3) is 8.84. The molecule has 15 heteroatoms. The molecule has 0 bridgehead atoms. The predicted molar refractivity (Wildman–Crippen MR) is 218 cm³/mol. The molecule has 6 rings (SSSR count). The second-order valence-electron chi connectivity index (χ2n) is 18.0. The Balaban J connectivity index is 1.26. The van der Waals surface area contributed by atoms with Gasteiger partial charge in [-0.05, 0) is 93.6 Å². The molecule has 310 valence electrons. The maximum absolute atomic E-state index is 15.0. The molecule has 2 saturated heterocycles. The minimum Gasteiger partial charge on any atom is -0.381 e. The molecular weight excluding hydrogens is 753 g/mol. The normalized spacial score (nSPS) is 26.5. The highest BCUT2D eigenvalue weighted by molar-refractivity contribution is 8.18. The van der Waals surface area contributed by atoms with Crippen LogP contribution in [-0.4, -0.2) is 108 Å². The van der Waals surface area contributed by atoms with Gasteiger partial charge in [0.05, 0.1) is 15.2 Å². The molecule has 56 heavy (non-hydrogen) atoms. The summed E-state index contributed by atoms with van der Waals surface area (Å²) in [5.74, 6) is -0.997. The topological polar surface area (TPSA) is 190 Å². The Morgan fingerprint density at radius 1 is 0.929 bits per heavy atom. The number of nitrogens with zero attached hydrogens (tertiary/aromatic N) is 1. The molecule has 3 saturated carbocycles. The van der Waals surface area contributed by atoms with E-state index in [-0.39, 0.29) is 35.3 Å². The molecule has 2 aliphatic heterocycles. The van der Waals surface area contributed by atoms with Crippen molar-refractivity contribution in [1.29, 1.82) is 0 Å². The zero-order valence-corrected chi connectivity index (χ0v) is 35.7. The Morgan fingerprint density at radius 3 is 2.16 bits per heavy atom. The van der Waals surface area contributed by atoms with Crippen molar-refractivity contribution in [2.24, 2.45) is 17.3 Å². The Kier molecular flexibility index (Phi) is 12.7. The van der Waals surface area contributed by atoms with Gasteiger partial charge in [0.25, 0.3) is 11.8 Å². The summed E-state index contributed by atoms with van der Waals surface area (Å²) in [6.45, 7) is 12.9. The quantitative estimate of drug-likeness (QED) is 0.159. The molecule has 1 aromatic rings. The number of aryl methyl sites for hydroxylation is 1. The van der Waals surface area contributed by atoms with E-state index in [2.05, 4.69) is 26.3 Å². The zero-order chi connectivity index (χ0) is 40.7. The molecule has 1 aromatic heterocycles. The van der Waals surface area contributed by atoms with E-state index < -0.39 is 62.9 Å². The van der Waals surface area contributed by atoms with Gasteiger partial charge in [-0.15, -0.1) is 23.5 Å². The summed E-state index contributed by atoms with van der Waals surface area (Å²) in [7, 11) is 0. The number of rotatable bonds is 13. The predicted octanol–water partition coefficient (Wildman–Crippen LogP) is 4.14. The van der Waals surface area contributed by atoms with Crippen molar-refractivity contribution in [2.75, 3.05) is 18.1 Å². The number of thioether (sulfide) groups is 2. The van der Waals surface area contributed by atoms with E-state index in [4.69, 9.17) is 0 Å². The lowest BCUT2D eigenvalue weighted by Crippen LogP contribution is -2.62. The highest BCUT2D eigenvalue weighted by Crippen LogP contribution is 2.52. The highest BCUT2D eigenvalue weighted by Gasteiger charge is 2.63. The summed E-state index contributed by atoms with van der Waals surface area (Å²) in [5, 5.41) is 23.3. The number of Topliss-reactive ketones (excluding diaryl/α,β-unsaturated/α-hetero) is 1. The lowest BCUT2D eigenvalue weighted by molar-refractivity contribution is -0.145. The maximum atomic E-state index is 15.0. The number of H-pyrrole nitrogens is 1. The Morgan fingerprint density at radius 2 is 1.59 bits per heavy atom. The van der Waals surface area contributed by atoms with Gasteiger partial charge in [-0.1, -0.05) is 53.4 Å². The van der Waals surface area contributed by atoms with Gasteiger partial charge in [0.2, 0.25) is 17.7 Å². The van der Waals surface area contributed by atoms with Crippen LogP contribution in [0.3, 0.4) is 0 Å². The molecule has 2 unspecified atom stereocenters. The average Bonchev–Trinajstić information content (AvgIpc) is 4.06. The van der Waals surface area contributed by atoms with E-state index in [9.17, 15) is 29.1 Å². The van der Waals surface area contributed by atoms with Crippen molar-refractivity contribution in [3.63, 3.8) is 0 Å². The first kappa shape index (κ1) is 42.6. The minimum absolute atomic E-state index is 0.0577. The molecule has 3 heterocycles. The fourth-order valence-corrected chi connectivity index (χ4v) is 12.4. The van der Waals surface area contributed by atoms with Crippen LogP contribution in [0.2, 0.25) is 0 Å². The van der Waals surface area contributed by atoms with E-state index in [0.29, 0.717) is 42.6 Å². The van der Waals surface area contributed by atoms with Gasteiger partial charge < -0.3 is 36.3 Å². The number of aliphatic hydroxyl groups is 1.